The van der Waals surface area contributed by atoms with Gasteiger partial charge in [-0.3, -0.25) is 0 Å². The molecule has 0 spiro atoms. The summed E-state index contributed by atoms with van der Waals surface area (Å²) in [6, 6.07) is -0.0452. The maximum absolute atomic E-state index is 8.83. The molecule has 0 aromatic carbocycles. The molecule has 0 aliphatic rings. The van der Waals surface area contributed by atoms with Crippen molar-refractivity contribution >= 4 is 25.7 Å². The number of nitrogens with zero attached hydrogens (tertiary/aromatic N) is 4. The molecule has 2 aromatic rings. The van der Waals surface area contributed by atoms with Gasteiger partial charge in [-0.25, -0.2) is 4.98 Å². The van der Waals surface area contributed by atoms with Crippen LogP contribution in [0.4, 0.5) is 5.95 Å². The molecule has 4 N–H and O–H groups in total. The number of rotatable bonds is 8. The Bertz CT molecular complexity index is 652. The Kier molecular flexibility index (Phi) is 6.03. The van der Waals surface area contributed by atoms with E-state index in [2.05, 4.69) is 15.0 Å². The summed E-state index contributed by atoms with van der Waals surface area (Å²) in [6.45, 7) is 2.03. The third-order valence-electron chi connectivity index (χ3n) is 3.39. The fraction of sp³-hybridized carbons (Fsp3) is 0.583. The molecule has 2 atom stereocenters. The van der Waals surface area contributed by atoms with E-state index in [1.165, 1.54) is 14.2 Å². The minimum atomic E-state index is -2.40. The zero-order valence-electron chi connectivity index (χ0n) is 13.1. The van der Waals surface area contributed by atoms with Crippen LogP contribution < -0.4 is 10.5 Å². The van der Waals surface area contributed by atoms with Crippen LogP contribution in [0.25, 0.3) is 11.2 Å². The predicted octanol–water partition coefficient (Wildman–Crippen LogP) is 0.611. The van der Waals surface area contributed by atoms with Crippen molar-refractivity contribution < 1.29 is 23.8 Å². The molecule has 128 valence electrons. The molecule has 0 fully saturated rings. The molecule has 11 heteroatoms. The average Bonchev–Trinajstić information content (AvgIpc) is 2.93. The summed E-state index contributed by atoms with van der Waals surface area (Å²) in [7, 11) is 0.624. The Labute approximate surface area is 134 Å². The molecule has 0 bridgehead atoms. The molecule has 2 heterocycles. The highest BCUT2D eigenvalue weighted by atomic mass is 31.2. The maximum Gasteiger partial charge on any atom is 0.327 e. The number of fused-ring (bicyclic) bond motifs is 1. The summed E-state index contributed by atoms with van der Waals surface area (Å²) < 4.78 is 17.1. The van der Waals surface area contributed by atoms with Crippen LogP contribution in [-0.2, 0) is 9.26 Å². The highest BCUT2D eigenvalue weighted by Gasteiger charge is 2.20. The van der Waals surface area contributed by atoms with E-state index in [1.54, 1.807) is 6.33 Å². The van der Waals surface area contributed by atoms with E-state index < -0.39 is 8.60 Å². The van der Waals surface area contributed by atoms with Crippen LogP contribution in [0.1, 0.15) is 19.4 Å². The summed E-state index contributed by atoms with van der Waals surface area (Å²) in [5.41, 5.74) is 6.78. The number of aromatic nitrogens is 4. The molecule has 0 aliphatic carbocycles. The third kappa shape index (κ3) is 4.24. The van der Waals surface area contributed by atoms with E-state index in [1.807, 2.05) is 11.5 Å². The van der Waals surface area contributed by atoms with Gasteiger partial charge in [0.2, 0.25) is 11.8 Å². The Morgan fingerprint density at radius 2 is 2.09 bits per heavy atom. The molecule has 10 nitrogen and oxygen atoms in total. The van der Waals surface area contributed by atoms with Crippen molar-refractivity contribution in [2.24, 2.45) is 0 Å². The summed E-state index contributed by atoms with van der Waals surface area (Å²) in [6.07, 6.45) is 1.87. The molecule has 0 radical (unpaired) electrons. The molecule has 0 saturated carbocycles. The van der Waals surface area contributed by atoms with E-state index in [0.29, 0.717) is 23.5 Å². The standard InChI is InChI=1S/C12H20N5O5P/c1-7(4-8(20-2)5-22-23(18)19)17-6-14-9-10(17)15-12(13)16-11(9)21-3/h6-8,18-19H,4-5H2,1-3H3,(H2,13,15,16). The highest BCUT2D eigenvalue weighted by Crippen LogP contribution is 2.28. The van der Waals surface area contributed by atoms with Gasteiger partial charge in [-0.05, 0) is 13.3 Å². The van der Waals surface area contributed by atoms with Crippen molar-refractivity contribution in [3.8, 4) is 5.88 Å². The summed E-state index contributed by atoms with van der Waals surface area (Å²) >= 11 is 0. The van der Waals surface area contributed by atoms with Crippen LogP contribution in [0.15, 0.2) is 6.33 Å². The molecular formula is C12H20N5O5P. The first kappa shape index (κ1) is 17.8. The second kappa shape index (κ2) is 7.80. The maximum atomic E-state index is 8.83. The zero-order valence-corrected chi connectivity index (χ0v) is 14.0. The van der Waals surface area contributed by atoms with Crippen molar-refractivity contribution in [3.05, 3.63) is 6.33 Å². The van der Waals surface area contributed by atoms with Crippen LogP contribution >= 0.6 is 8.60 Å². The van der Waals surface area contributed by atoms with Gasteiger partial charge in [0.05, 0.1) is 26.1 Å². The Morgan fingerprint density at radius 1 is 1.35 bits per heavy atom. The van der Waals surface area contributed by atoms with Crippen molar-refractivity contribution in [1.29, 1.82) is 0 Å². The van der Waals surface area contributed by atoms with Gasteiger partial charge in [-0.1, -0.05) is 0 Å². The lowest BCUT2D eigenvalue weighted by Crippen LogP contribution is -2.22. The smallest absolute Gasteiger partial charge is 0.327 e. The number of hydrogen-bond donors (Lipinski definition) is 3. The minimum Gasteiger partial charge on any atom is -0.479 e. The van der Waals surface area contributed by atoms with Crippen molar-refractivity contribution in [2.75, 3.05) is 26.6 Å². The average molecular weight is 345 g/mol. The largest absolute Gasteiger partial charge is 0.479 e. The molecule has 2 rings (SSSR count). The summed E-state index contributed by atoms with van der Waals surface area (Å²) in [5, 5.41) is 0. The zero-order chi connectivity index (χ0) is 17.0. The first-order valence-corrected chi connectivity index (χ1v) is 8.00. The van der Waals surface area contributed by atoms with Crippen LogP contribution in [0.2, 0.25) is 0 Å². The first-order valence-electron chi connectivity index (χ1n) is 6.83. The Balaban J connectivity index is 2.20. The fourth-order valence-corrected chi connectivity index (χ4v) is 2.55. The van der Waals surface area contributed by atoms with Gasteiger partial charge < -0.3 is 34.1 Å². The molecule has 0 saturated heterocycles. The van der Waals surface area contributed by atoms with Gasteiger partial charge in [-0.2, -0.15) is 9.97 Å². The monoisotopic (exact) mass is 345 g/mol. The lowest BCUT2D eigenvalue weighted by molar-refractivity contribution is 0.0391. The lowest BCUT2D eigenvalue weighted by atomic mass is 10.1. The van der Waals surface area contributed by atoms with Crippen LogP contribution in [0, 0.1) is 0 Å². The third-order valence-corrected chi connectivity index (χ3v) is 3.77. The Morgan fingerprint density at radius 3 is 2.70 bits per heavy atom. The van der Waals surface area contributed by atoms with E-state index in [4.69, 9.17) is 29.5 Å². The van der Waals surface area contributed by atoms with Crippen LogP contribution in [-0.4, -0.2) is 56.2 Å². The van der Waals surface area contributed by atoms with E-state index in [-0.39, 0.29) is 24.7 Å². The van der Waals surface area contributed by atoms with Crippen molar-refractivity contribution in [1.82, 2.24) is 19.5 Å². The number of hydrogen-bond acceptors (Lipinski definition) is 9. The predicted molar refractivity (Wildman–Crippen MR) is 83.7 cm³/mol. The summed E-state index contributed by atoms with van der Waals surface area (Å²) in [4.78, 5) is 30.1. The van der Waals surface area contributed by atoms with Crippen molar-refractivity contribution in [2.45, 2.75) is 25.5 Å². The second-order valence-electron chi connectivity index (χ2n) is 4.91. The van der Waals surface area contributed by atoms with E-state index in [9.17, 15) is 0 Å². The number of anilines is 1. The van der Waals surface area contributed by atoms with Gasteiger partial charge in [-0.15, -0.1) is 0 Å². The first-order chi connectivity index (χ1) is 11.0. The topological polar surface area (TPSA) is 138 Å². The molecule has 2 aromatic heterocycles. The summed E-state index contributed by atoms with van der Waals surface area (Å²) in [5.74, 6) is 0.414. The van der Waals surface area contributed by atoms with Crippen LogP contribution in [0.3, 0.4) is 0 Å². The number of methoxy groups -OCH3 is 2. The normalized spacial score (nSPS) is 14.3. The Hall–Kier alpha value is -1.58. The number of nitrogen functional groups attached to an aromatic ring is 1. The second-order valence-corrected chi connectivity index (χ2v) is 5.67. The number of imidazole rings is 1. The van der Waals surface area contributed by atoms with E-state index in [0.717, 1.165) is 0 Å². The SMILES string of the molecule is COc1nc(N)nc2c1ncn2C(C)CC(COP(O)O)OC. The molecule has 0 amide bonds. The minimum absolute atomic E-state index is 0.0452. The lowest BCUT2D eigenvalue weighted by Gasteiger charge is -2.21. The molecular weight excluding hydrogens is 325 g/mol. The molecule has 2 unspecified atom stereocenters. The quantitative estimate of drug-likeness (QED) is 0.587. The highest BCUT2D eigenvalue weighted by molar-refractivity contribution is 7.39. The van der Waals surface area contributed by atoms with Gasteiger partial charge in [0, 0.05) is 13.2 Å². The van der Waals surface area contributed by atoms with E-state index >= 15 is 0 Å². The molecule has 0 aliphatic heterocycles. The van der Waals surface area contributed by atoms with Crippen LogP contribution in [0.5, 0.6) is 5.88 Å². The van der Waals surface area contributed by atoms with Gasteiger partial charge in [0.15, 0.2) is 11.2 Å². The van der Waals surface area contributed by atoms with Crippen molar-refractivity contribution in [3.63, 3.8) is 0 Å². The molecule has 23 heavy (non-hydrogen) atoms. The van der Waals surface area contributed by atoms with Gasteiger partial charge in [0.1, 0.15) is 0 Å². The number of ether oxygens (including phenoxy) is 2. The van der Waals surface area contributed by atoms with Gasteiger partial charge in [0.25, 0.3) is 0 Å². The number of nitrogens with two attached hydrogens (primary N) is 1. The van der Waals surface area contributed by atoms with Gasteiger partial charge >= 0.3 is 8.60 Å². The fourth-order valence-electron chi connectivity index (χ4n) is 2.25.